The van der Waals surface area contributed by atoms with Gasteiger partial charge >= 0.3 is 0 Å². The third-order valence-corrected chi connectivity index (χ3v) is 22.2. The van der Waals surface area contributed by atoms with E-state index in [-0.39, 0.29) is 44.7 Å². The van der Waals surface area contributed by atoms with Gasteiger partial charge in [0.25, 0.3) is 0 Å². The van der Waals surface area contributed by atoms with Gasteiger partial charge in [-0.3, -0.25) is 0 Å². The van der Waals surface area contributed by atoms with Gasteiger partial charge in [-0.15, -0.1) is 0 Å². The van der Waals surface area contributed by atoms with Gasteiger partial charge in [0.15, 0.2) is 19.7 Å². The Morgan fingerprint density at radius 1 is 0.438 bits per heavy atom. The molecule has 6 nitrogen and oxygen atoms in total. The lowest BCUT2D eigenvalue weighted by molar-refractivity contribution is 0.0690. The summed E-state index contributed by atoms with van der Waals surface area (Å²) in [7, 11) is -6.47. The van der Waals surface area contributed by atoms with Crippen LogP contribution in [-0.4, -0.2) is 49.7 Å². The average molecular weight is 685 g/mol. The summed E-state index contributed by atoms with van der Waals surface area (Å²) < 4.78 is 66.5. The van der Waals surface area contributed by atoms with Crippen LogP contribution in [0.25, 0.3) is 0 Å². The molecule has 0 N–H and O–H groups in total. The fraction of sp³-hybridized carbons (Fsp3) is 0.700. The molecule has 12 aliphatic carbocycles. The highest BCUT2D eigenvalue weighted by Crippen LogP contribution is 2.89. The van der Waals surface area contributed by atoms with Crippen LogP contribution in [-0.2, 0) is 29.1 Å². The first-order valence-corrected chi connectivity index (χ1v) is 22.3. The Kier molecular flexibility index (Phi) is 4.74. The number of benzene rings is 2. The lowest BCUT2D eigenvalue weighted by atomic mass is 9.54. The van der Waals surface area contributed by atoms with E-state index in [1.165, 1.54) is 38.5 Å². The number of ether oxygens (including phenoxy) is 2. The highest BCUT2D eigenvalue weighted by atomic mass is 32.2. The zero-order valence-electron chi connectivity index (χ0n) is 27.2. The first kappa shape index (κ1) is 27.9. The number of hydrogen-bond donors (Lipinski definition) is 0. The molecule has 18 atom stereocenters. The van der Waals surface area contributed by atoms with Gasteiger partial charge in [-0.05, 0) is 148 Å². The van der Waals surface area contributed by atoms with Gasteiger partial charge in [-0.25, -0.2) is 16.8 Å². The molecule has 0 radical (unpaired) electrons. The maximum absolute atomic E-state index is 13.3. The van der Waals surface area contributed by atoms with Crippen molar-refractivity contribution in [1.29, 1.82) is 0 Å². The summed E-state index contributed by atoms with van der Waals surface area (Å²) in [5, 5.41) is -0.422. The van der Waals surface area contributed by atoms with E-state index in [1.807, 2.05) is 36.4 Å². The largest absolute Gasteiger partial charge is 0.361 e. The van der Waals surface area contributed by atoms with E-state index in [9.17, 15) is 16.8 Å². The van der Waals surface area contributed by atoms with E-state index >= 15 is 0 Å². The molecule has 2 saturated heterocycles. The summed E-state index contributed by atoms with van der Waals surface area (Å²) in [6, 6.07) is 18.2. The summed E-state index contributed by atoms with van der Waals surface area (Å²) in [6.07, 6.45) is 11.9. The van der Waals surface area contributed by atoms with Gasteiger partial charge < -0.3 is 9.47 Å². The monoisotopic (exact) mass is 684 g/mol. The minimum Gasteiger partial charge on any atom is -0.361 e. The van der Waals surface area contributed by atoms with Crippen LogP contribution < -0.4 is 0 Å². The van der Waals surface area contributed by atoms with Gasteiger partial charge in [-0.2, -0.15) is 0 Å². The molecular weight excluding hydrogens is 641 g/mol. The number of epoxide rings is 2. The molecule has 12 saturated carbocycles. The van der Waals surface area contributed by atoms with Crippen molar-refractivity contribution in [2.24, 2.45) is 71.0 Å². The second-order valence-corrected chi connectivity index (χ2v) is 22.8. The third-order valence-electron chi connectivity index (χ3n) is 17.7. The molecule has 0 spiro atoms. The molecule has 14 fully saturated rings. The van der Waals surface area contributed by atoms with E-state index in [0.717, 1.165) is 61.2 Å². The standard InChI is InChI=1S/2C20H22O3S/c2*21-24(22,12-4-2-1-3-5-12)18-9-11-8-17(18)20-16-7-6-15(13-10-14(13)16)19(11,20)23-20/h2*1-5,11,13-18H,6-10H2. The molecule has 8 heteroatoms. The van der Waals surface area contributed by atoms with E-state index in [1.54, 1.807) is 24.3 Å². The minimum atomic E-state index is -3.24. The van der Waals surface area contributed by atoms with Crippen LogP contribution in [0.1, 0.15) is 64.2 Å². The molecule has 18 unspecified atom stereocenters. The second kappa shape index (κ2) is 8.16. The Bertz CT molecular complexity index is 1870. The first-order valence-electron chi connectivity index (χ1n) is 19.2. The summed E-state index contributed by atoms with van der Waals surface area (Å²) in [5.74, 6) is 7.89. The molecule has 2 aromatic carbocycles. The zero-order chi connectivity index (χ0) is 31.8. The maximum atomic E-state index is 13.3. The van der Waals surface area contributed by atoms with E-state index in [4.69, 9.17) is 9.47 Å². The summed E-state index contributed by atoms with van der Waals surface area (Å²) >= 11 is 0. The predicted molar refractivity (Wildman–Crippen MR) is 176 cm³/mol. The minimum absolute atomic E-state index is 0.0387. The highest BCUT2D eigenvalue weighted by Gasteiger charge is 2.95. The van der Waals surface area contributed by atoms with Crippen molar-refractivity contribution in [3.63, 3.8) is 0 Å². The second-order valence-electron chi connectivity index (χ2n) is 18.4. The molecule has 2 aliphatic heterocycles. The van der Waals surface area contributed by atoms with Crippen molar-refractivity contribution in [3.05, 3.63) is 60.7 Å². The van der Waals surface area contributed by atoms with E-state index in [2.05, 4.69) is 0 Å². The Balaban J connectivity index is 0.000000107. The van der Waals surface area contributed by atoms with Crippen molar-refractivity contribution in [3.8, 4) is 0 Å². The van der Waals surface area contributed by atoms with Crippen LogP contribution in [0.3, 0.4) is 0 Å². The van der Waals surface area contributed by atoms with Crippen LogP contribution in [0.2, 0.25) is 0 Å². The van der Waals surface area contributed by atoms with Crippen LogP contribution >= 0.6 is 0 Å². The Morgan fingerprint density at radius 3 is 1.17 bits per heavy atom. The van der Waals surface area contributed by atoms with Gasteiger partial charge in [0, 0.05) is 11.8 Å². The molecule has 2 heterocycles. The van der Waals surface area contributed by atoms with Gasteiger partial charge in [-0.1, -0.05) is 36.4 Å². The number of sulfone groups is 2. The molecule has 8 bridgehead atoms. The van der Waals surface area contributed by atoms with Crippen molar-refractivity contribution >= 4 is 19.7 Å². The fourth-order valence-corrected chi connectivity index (χ4v) is 20.8. The summed E-state index contributed by atoms with van der Waals surface area (Å²) in [5.41, 5.74) is 0.147. The molecule has 252 valence electrons. The van der Waals surface area contributed by atoms with E-state index in [0.29, 0.717) is 33.5 Å². The van der Waals surface area contributed by atoms with Crippen molar-refractivity contribution in [1.82, 2.24) is 0 Å². The third kappa shape index (κ3) is 2.73. The smallest absolute Gasteiger partial charge is 0.181 e. The summed E-state index contributed by atoms with van der Waals surface area (Å²) in [4.78, 5) is 1.02. The Hall–Kier alpha value is -1.74. The maximum Gasteiger partial charge on any atom is 0.181 e. The molecule has 16 rings (SSSR count). The lowest BCUT2D eigenvalue weighted by Crippen LogP contribution is -2.56. The van der Waals surface area contributed by atoms with Crippen molar-refractivity contribution < 1.29 is 26.3 Å². The van der Waals surface area contributed by atoms with E-state index < -0.39 is 19.7 Å². The Labute approximate surface area is 283 Å². The molecule has 48 heavy (non-hydrogen) atoms. The fourth-order valence-electron chi connectivity index (χ4n) is 16.5. The van der Waals surface area contributed by atoms with Gasteiger partial charge in [0.2, 0.25) is 0 Å². The number of hydrogen-bond acceptors (Lipinski definition) is 6. The zero-order valence-corrected chi connectivity index (χ0v) is 28.8. The average Bonchev–Trinajstić information content (AvgIpc) is 4.03. The molecular formula is C40H44O6S2. The van der Waals surface area contributed by atoms with Crippen LogP contribution in [0.15, 0.2) is 70.5 Å². The van der Waals surface area contributed by atoms with Crippen LogP contribution in [0, 0.1) is 71.0 Å². The topological polar surface area (TPSA) is 93.3 Å². The summed E-state index contributed by atoms with van der Waals surface area (Å²) in [6.45, 7) is 0. The molecule has 0 aromatic heterocycles. The normalized spacial score (nSPS) is 58.1. The molecule has 2 aromatic rings. The van der Waals surface area contributed by atoms with Crippen molar-refractivity contribution in [2.75, 3.05) is 0 Å². The quantitative estimate of drug-likeness (QED) is 0.362. The lowest BCUT2D eigenvalue weighted by Gasteiger charge is -2.46. The van der Waals surface area contributed by atoms with Gasteiger partial charge in [0.05, 0.1) is 20.3 Å². The molecule has 14 aliphatic rings. The first-order chi connectivity index (χ1) is 23.2. The highest BCUT2D eigenvalue weighted by molar-refractivity contribution is 7.92. The van der Waals surface area contributed by atoms with Crippen LogP contribution in [0.5, 0.6) is 0 Å². The van der Waals surface area contributed by atoms with Gasteiger partial charge in [0.1, 0.15) is 22.4 Å². The number of rotatable bonds is 4. The molecule has 0 amide bonds. The van der Waals surface area contributed by atoms with Crippen LogP contribution in [0.4, 0.5) is 0 Å². The SMILES string of the molecule is O=S(=O)(c1ccccc1)C1CC2CC1C13OC21C1CCC3C2CC21.O=S(=O)(c1ccccc1)C1CC2CC1C13OC21C1CCC3C2CC21. The Morgan fingerprint density at radius 2 is 0.792 bits per heavy atom. The number of fused-ring (bicyclic) bond motifs is 6. The van der Waals surface area contributed by atoms with Crippen molar-refractivity contribution in [2.45, 2.75) is 107 Å². The predicted octanol–water partition coefficient (Wildman–Crippen LogP) is 6.10.